The first kappa shape index (κ1) is 18.0. The van der Waals surface area contributed by atoms with Crippen LogP contribution in [-0.4, -0.2) is 12.6 Å². The number of hydrogen-bond acceptors (Lipinski definition) is 4. The van der Waals surface area contributed by atoms with Gasteiger partial charge in [0.1, 0.15) is 12.4 Å². The van der Waals surface area contributed by atoms with Gasteiger partial charge in [-0.3, -0.25) is 0 Å². The third-order valence-corrected chi connectivity index (χ3v) is 3.81. The summed E-state index contributed by atoms with van der Waals surface area (Å²) in [4.78, 5) is 10.5. The van der Waals surface area contributed by atoms with Crippen LogP contribution in [0.1, 0.15) is 11.1 Å². The van der Waals surface area contributed by atoms with Crippen LogP contribution in [0.3, 0.4) is 0 Å². The average molecular weight is 410 g/mol. The Morgan fingerprint density at radius 3 is 2.58 bits per heavy atom. The highest BCUT2D eigenvalue weighted by Gasteiger charge is 2.10. The molecule has 0 aliphatic heterocycles. The van der Waals surface area contributed by atoms with Crippen molar-refractivity contribution < 1.29 is 19.0 Å². The Bertz CT molecular complexity index is 821. The van der Waals surface area contributed by atoms with E-state index < -0.39 is 18.4 Å². The summed E-state index contributed by atoms with van der Waals surface area (Å²) in [5.41, 5.74) is 1.47. The van der Waals surface area contributed by atoms with Gasteiger partial charge in [-0.1, -0.05) is 23.7 Å². The number of allylic oxidation sites excluding steroid dienone is 1. The Morgan fingerprint density at radius 2 is 2.04 bits per heavy atom. The first-order valence-corrected chi connectivity index (χ1v) is 7.77. The molecule has 2 rings (SSSR count). The van der Waals surface area contributed by atoms with Gasteiger partial charge in [-0.15, -0.1) is 0 Å². The second kappa shape index (κ2) is 7.95. The van der Waals surface area contributed by atoms with Crippen molar-refractivity contribution >= 4 is 45.1 Å². The largest absolute Gasteiger partial charge is 0.546 e. The summed E-state index contributed by atoms with van der Waals surface area (Å²) < 4.78 is 18.4. The smallest absolute Gasteiger partial charge is 0.152 e. The van der Waals surface area contributed by atoms with E-state index in [9.17, 15) is 19.6 Å². The summed E-state index contributed by atoms with van der Waals surface area (Å²) in [5, 5.41) is 19.9. The molecule has 0 fully saturated rings. The van der Waals surface area contributed by atoms with Gasteiger partial charge in [0.25, 0.3) is 0 Å². The highest BCUT2D eigenvalue weighted by molar-refractivity contribution is 9.10. The molecule has 0 aliphatic carbocycles. The van der Waals surface area contributed by atoms with Crippen LogP contribution in [0.4, 0.5) is 4.39 Å². The minimum atomic E-state index is -1.37. The monoisotopic (exact) mass is 408 g/mol. The average Bonchev–Trinajstić information content (AvgIpc) is 2.52. The Labute approximate surface area is 150 Å². The number of ether oxygens (including phenoxy) is 1. The van der Waals surface area contributed by atoms with Crippen molar-refractivity contribution in [3.63, 3.8) is 0 Å². The molecule has 0 bridgehead atoms. The third kappa shape index (κ3) is 4.57. The number of carbonyl (C=O) groups excluding carboxylic acids is 1. The van der Waals surface area contributed by atoms with Gasteiger partial charge >= 0.3 is 0 Å². The molecule has 0 radical (unpaired) electrons. The predicted molar refractivity (Wildman–Crippen MR) is 89.5 cm³/mol. The Morgan fingerprint density at radius 1 is 1.38 bits per heavy atom. The number of nitriles is 1. The van der Waals surface area contributed by atoms with E-state index in [2.05, 4.69) is 15.9 Å². The molecule has 7 heteroatoms. The van der Waals surface area contributed by atoms with Crippen LogP contribution in [0.15, 0.2) is 40.9 Å². The van der Waals surface area contributed by atoms with Crippen molar-refractivity contribution in [2.24, 2.45) is 0 Å². The second-order valence-electron chi connectivity index (χ2n) is 4.65. The van der Waals surface area contributed by atoms with Gasteiger partial charge in [-0.05, 0) is 57.4 Å². The van der Waals surface area contributed by atoms with E-state index in [0.717, 1.165) is 0 Å². The summed E-state index contributed by atoms with van der Waals surface area (Å²) >= 11 is 9.32. The fraction of sp³-hybridized carbons (Fsp3) is 0.0588. The molecule has 0 aromatic heterocycles. The van der Waals surface area contributed by atoms with Crippen LogP contribution >= 0.6 is 27.5 Å². The molecule has 2 aromatic rings. The van der Waals surface area contributed by atoms with Crippen molar-refractivity contribution in [3.8, 4) is 11.8 Å². The Balaban J connectivity index is 2.36. The topological polar surface area (TPSA) is 73.1 Å². The normalized spacial score (nSPS) is 11.0. The summed E-state index contributed by atoms with van der Waals surface area (Å²) in [7, 11) is 0. The zero-order chi connectivity index (χ0) is 17.7. The van der Waals surface area contributed by atoms with Gasteiger partial charge in [-0.2, -0.15) is 5.26 Å². The number of benzene rings is 2. The quantitative estimate of drug-likeness (QED) is 0.560. The molecule has 0 unspecified atom stereocenters. The fourth-order valence-electron chi connectivity index (χ4n) is 1.91. The summed E-state index contributed by atoms with van der Waals surface area (Å²) in [5.74, 6) is -1.60. The lowest BCUT2D eigenvalue weighted by Gasteiger charge is -2.11. The number of carbonyl (C=O) groups is 1. The lowest BCUT2D eigenvalue weighted by Crippen LogP contribution is -2.29. The van der Waals surface area contributed by atoms with Crippen molar-refractivity contribution in [1.29, 1.82) is 5.26 Å². The number of rotatable bonds is 5. The first-order valence-electron chi connectivity index (χ1n) is 6.60. The van der Waals surface area contributed by atoms with E-state index in [1.807, 2.05) is 6.07 Å². The Hall–Kier alpha value is -2.36. The number of carboxylic acid groups (broad SMARTS) is 1. The minimum absolute atomic E-state index is 0.165. The van der Waals surface area contributed by atoms with Crippen LogP contribution in [0.5, 0.6) is 5.75 Å². The molecule has 0 heterocycles. The molecule has 0 spiro atoms. The maximum atomic E-state index is 13.0. The van der Waals surface area contributed by atoms with Gasteiger partial charge in [0.15, 0.2) is 5.75 Å². The molecule has 24 heavy (non-hydrogen) atoms. The molecule has 0 N–H and O–H groups in total. The standard InChI is InChI=1S/C17H10BrClFNO3/c18-14-6-10(7-15(19)17(14)24-9-16(22)23)5-12(8-21)11-1-3-13(20)4-2-11/h1-7H,9H2,(H,22,23)/p-1/b12-5-. The Kier molecular flexibility index (Phi) is 5.96. The summed E-state index contributed by atoms with van der Waals surface area (Å²) in [6, 6.07) is 10.7. The minimum Gasteiger partial charge on any atom is -0.546 e. The SMILES string of the molecule is N#C/C(=C/c1cc(Cl)c(OCC(=O)[O-])c(Br)c1)c1ccc(F)cc1. The van der Waals surface area contributed by atoms with E-state index in [-0.39, 0.29) is 10.8 Å². The molecule has 0 saturated heterocycles. The van der Waals surface area contributed by atoms with Gasteiger partial charge < -0.3 is 14.6 Å². The number of hydrogen-bond donors (Lipinski definition) is 0. The van der Waals surface area contributed by atoms with Crippen LogP contribution in [0.25, 0.3) is 11.6 Å². The van der Waals surface area contributed by atoms with E-state index >= 15 is 0 Å². The second-order valence-corrected chi connectivity index (χ2v) is 5.91. The van der Waals surface area contributed by atoms with Crippen LogP contribution in [0.2, 0.25) is 5.02 Å². The van der Waals surface area contributed by atoms with E-state index in [1.54, 1.807) is 12.1 Å². The van der Waals surface area contributed by atoms with Crippen LogP contribution < -0.4 is 9.84 Å². The first-order chi connectivity index (χ1) is 11.4. The molecule has 0 aliphatic rings. The van der Waals surface area contributed by atoms with Crippen LogP contribution in [-0.2, 0) is 4.79 Å². The molecule has 2 aromatic carbocycles. The number of carboxylic acids is 1. The molecule has 0 saturated carbocycles. The zero-order valence-electron chi connectivity index (χ0n) is 12.1. The number of halogens is 3. The van der Waals surface area contributed by atoms with E-state index in [0.29, 0.717) is 21.2 Å². The number of aliphatic carboxylic acids is 1. The van der Waals surface area contributed by atoms with Gasteiger partial charge in [0.2, 0.25) is 0 Å². The van der Waals surface area contributed by atoms with Crippen molar-refractivity contribution in [2.45, 2.75) is 0 Å². The maximum absolute atomic E-state index is 13.0. The van der Waals surface area contributed by atoms with Crippen molar-refractivity contribution in [3.05, 3.63) is 62.8 Å². The highest BCUT2D eigenvalue weighted by atomic mass is 79.9. The number of nitrogens with zero attached hydrogens (tertiary/aromatic N) is 1. The molecule has 0 atom stereocenters. The molecule has 0 amide bonds. The van der Waals surface area contributed by atoms with Crippen molar-refractivity contribution in [2.75, 3.05) is 6.61 Å². The van der Waals surface area contributed by atoms with Gasteiger partial charge in [0, 0.05) is 0 Å². The van der Waals surface area contributed by atoms with Gasteiger partial charge in [-0.25, -0.2) is 4.39 Å². The van der Waals surface area contributed by atoms with E-state index in [4.69, 9.17) is 16.3 Å². The van der Waals surface area contributed by atoms with Gasteiger partial charge in [0.05, 0.1) is 27.1 Å². The fourth-order valence-corrected chi connectivity index (χ4v) is 2.90. The zero-order valence-corrected chi connectivity index (χ0v) is 14.4. The third-order valence-electron chi connectivity index (χ3n) is 2.94. The molecule has 122 valence electrons. The highest BCUT2D eigenvalue weighted by Crippen LogP contribution is 2.35. The molecular weight excluding hydrogens is 401 g/mol. The summed E-state index contributed by atoms with van der Waals surface area (Å²) in [6.45, 7) is -0.632. The lowest BCUT2D eigenvalue weighted by molar-refractivity contribution is -0.307. The molecule has 4 nitrogen and oxygen atoms in total. The summed E-state index contributed by atoms with van der Waals surface area (Å²) in [6.07, 6.45) is 1.58. The lowest BCUT2D eigenvalue weighted by atomic mass is 10.0. The van der Waals surface area contributed by atoms with Crippen LogP contribution in [0, 0.1) is 17.1 Å². The van der Waals surface area contributed by atoms with Crippen molar-refractivity contribution in [1.82, 2.24) is 0 Å². The maximum Gasteiger partial charge on any atom is 0.152 e. The predicted octanol–water partition coefficient (Wildman–Crippen LogP) is 3.43. The molecular formula is C17H9BrClFNO3-. The van der Waals surface area contributed by atoms with E-state index in [1.165, 1.54) is 30.3 Å².